The largest absolute Gasteiger partial charge is 0.494 e. The molecule has 0 bridgehead atoms. The number of methoxy groups -OCH3 is 1. The average Bonchev–Trinajstić information content (AvgIpc) is 2.39. The average molecular weight is 238 g/mol. The quantitative estimate of drug-likeness (QED) is 0.831. The first-order valence-electron chi connectivity index (χ1n) is 5.56. The van der Waals surface area contributed by atoms with Crippen molar-refractivity contribution < 1.29 is 13.9 Å². The zero-order valence-corrected chi connectivity index (χ0v) is 9.70. The van der Waals surface area contributed by atoms with Gasteiger partial charge < -0.3 is 15.0 Å². The van der Waals surface area contributed by atoms with E-state index in [1.165, 1.54) is 19.2 Å². The van der Waals surface area contributed by atoms with Crippen molar-refractivity contribution in [3.05, 3.63) is 29.6 Å². The Morgan fingerprint density at radius 1 is 1.41 bits per heavy atom. The number of halogens is 1. The van der Waals surface area contributed by atoms with Crippen LogP contribution >= 0.6 is 0 Å². The standard InChI is InChI=1S/C12H15FN2O2/c1-17-11-3-2-9(8-10(11)13)12(16)15-6-4-14-5-7-15/h2-3,8,14H,4-7H2,1H3. The summed E-state index contributed by atoms with van der Waals surface area (Å²) >= 11 is 0. The van der Waals surface area contributed by atoms with Crippen LogP contribution in [0.25, 0.3) is 0 Å². The van der Waals surface area contributed by atoms with Crippen LogP contribution in [-0.4, -0.2) is 44.1 Å². The fourth-order valence-electron chi connectivity index (χ4n) is 1.85. The molecule has 2 rings (SSSR count). The van der Waals surface area contributed by atoms with Crippen molar-refractivity contribution in [3.8, 4) is 5.75 Å². The highest BCUT2D eigenvalue weighted by atomic mass is 19.1. The molecule has 1 aliphatic rings. The van der Waals surface area contributed by atoms with Gasteiger partial charge in [-0.15, -0.1) is 0 Å². The van der Waals surface area contributed by atoms with Gasteiger partial charge in [-0.05, 0) is 18.2 Å². The molecule has 0 atom stereocenters. The molecule has 1 fully saturated rings. The molecule has 92 valence electrons. The van der Waals surface area contributed by atoms with Crippen molar-refractivity contribution in [1.82, 2.24) is 10.2 Å². The highest BCUT2D eigenvalue weighted by Gasteiger charge is 2.18. The third kappa shape index (κ3) is 2.55. The molecule has 1 N–H and O–H groups in total. The van der Waals surface area contributed by atoms with Gasteiger partial charge in [-0.25, -0.2) is 4.39 Å². The summed E-state index contributed by atoms with van der Waals surface area (Å²) in [5.74, 6) is -0.483. The smallest absolute Gasteiger partial charge is 0.254 e. The van der Waals surface area contributed by atoms with Crippen LogP contribution < -0.4 is 10.1 Å². The molecular weight excluding hydrogens is 223 g/mol. The van der Waals surface area contributed by atoms with Gasteiger partial charge in [0.2, 0.25) is 0 Å². The second-order valence-corrected chi connectivity index (χ2v) is 3.89. The van der Waals surface area contributed by atoms with Crippen LogP contribution in [0.3, 0.4) is 0 Å². The Morgan fingerprint density at radius 3 is 2.71 bits per heavy atom. The fourth-order valence-corrected chi connectivity index (χ4v) is 1.85. The summed E-state index contributed by atoms with van der Waals surface area (Å²) in [5.41, 5.74) is 0.366. The number of benzene rings is 1. The van der Waals surface area contributed by atoms with Gasteiger partial charge in [0.25, 0.3) is 5.91 Å². The number of carbonyl (C=O) groups is 1. The van der Waals surface area contributed by atoms with Gasteiger partial charge in [-0.1, -0.05) is 0 Å². The number of piperazine rings is 1. The van der Waals surface area contributed by atoms with Crippen LogP contribution in [0.5, 0.6) is 5.75 Å². The Balaban J connectivity index is 2.16. The van der Waals surface area contributed by atoms with Crippen LogP contribution in [0.1, 0.15) is 10.4 Å². The molecule has 1 aromatic carbocycles. The molecule has 0 radical (unpaired) electrons. The van der Waals surface area contributed by atoms with Crippen LogP contribution in [0.2, 0.25) is 0 Å². The molecular formula is C12H15FN2O2. The molecule has 1 amide bonds. The first-order valence-corrected chi connectivity index (χ1v) is 5.56. The van der Waals surface area contributed by atoms with E-state index in [0.717, 1.165) is 13.1 Å². The predicted molar refractivity (Wildman–Crippen MR) is 61.7 cm³/mol. The second-order valence-electron chi connectivity index (χ2n) is 3.89. The molecule has 4 nitrogen and oxygen atoms in total. The van der Waals surface area contributed by atoms with E-state index in [0.29, 0.717) is 18.7 Å². The normalized spacial score (nSPS) is 15.8. The summed E-state index contributed by atoms with van der Waals surface area (Å²) in [7, 11) is 1.40. The lowest BCUT2D eigenvalue weighted by Crippen LogP contribution is -2.46. The van der Waals surface area contributed by atoms with Crippen molar-refractivity contribution in [2.24, 2.45) is 0 Å². The van der Waals surface area contributed by atoms with Crippen molar-refractivity contribution >= 4 is 5.91 Å². The van der Waals surface area contributed by atoms with Crippen LogP contribution in [0, 0.1) is 5.82 Å². The van der Waals surface area contributed by atoms with Crippen molar-refractivity contribution in [3.63, 3.8) is 0 Å². The van der Waals surface area contributed by atoms with Gasteiger partial charge in [-0.2, -0.15) is 0 Å². The maximum absolute atomic E-state index is 13.5. The van der Waals surface area contributed by atoms with E-state index in [-0.39, 0.29) is 11.7 Å². The number of nitrogens with zero attached hydrogens (tertiary/aromatic N) is 1. The first kappa shape index (κ1) is 11.9. The highest BCUT2D eigenvalue weighted by Crippen LogP contribution is 2.18. The molecule has 0 aromatic heterocycles. The topological polar surface area (TPSA) is 41.6 Å². The van der Waals surface area contributed by atoms with Crippen LogP contribution in [0.15, 0.2) is 18.2 Å². The number of carbonyl (C=O) groups excluding carboxylic acids is 1. The van der Waals surface area contributed by atoms with Gasteiger partial charge >= 0.3 is 0 Å². The summed E-state index contributed by atoms with van der Waals surface area (Å²) in [5, 5.41) is 3.16. The maximum Gasteiger partial charge on any atom is 0.254 e. The third-order valence-corrected chi connectivity index (χ3v) is 2.80. The maximum atomic E-state index is 13.5. The van der Waals surface area contributed by atoms with E-state index in [1.807, 2.05) is 0 Å². The van der Waals surface area contributed by atoms with Crippen molar-refractivity contribution in [2.75, 3.05) is 33.3 Å². The van der Waals surface area contributed by atoms with Gasteiger partial charge in [0.15, 0.2) is 11.6 Å². The second kappa shape index (κ2) is 5.14. The fraction of sp³-hybridized carbons (Fsp3) is 0.417. The SMILES string of the molecule is COc1ccc(C(=O)N2CCNCC2)cc1F. The highest BCUT2D eigenvalue weighted by molar-refractivity contribution is 5.94. The van der Waals surface area contributed by atoms with E-state index in [1.54, 1.807) is 11.0 Å². The van der Waals surface area contributed by atoms with Gasteiger partial charge in [0.1, 0.15) is 0 Å². The Morgan fingerprint density at radius 2 is 2.12 bits per heavy atom. The molecule has 0 unspecified atom stereocenters. The number of hydrogen-bond donors (Lipinski definition) is 1. The summed E-state index contributed by atoms with van der Waals surface area (Å²) in [4.78, 5) is 13.8. The van der Waals surface area contributed by atoms with E-state index in [2.05, 4.69) is 5.32 Å². The first-order chi connectivity index (χ1) is 8.22. The van der Waals surface area contributed by atoms with Gasteiger partial charge in [0.05, 0.1) is 7.11 Å². The summed E-state index contributed by atoms with van der Waals surface area (Å²) in [6.45, 7) is 2.88. The predicted octanol–water partition coefficient (Wildman–Crippen LogP) is 0.880. The van der Waals surface area contributed by atoms with Crippen LogP contribution in [-0.2, 0) is 0 Å². The Hall–Kier alpha value is -1.62. The Labute approximate surface area is 99.4 Å². The monoisotopic (exact) mass is 238 g/mol. The summed E-state index contributed by atoms with van der Waals surface area (Å²) in [6.07, 6.45) is 0. The molecule has 17 heavy (non-hydrogen) atoms. The minimum atomic E-state index is -0.506. The lowest BCUT2D eigenvalue weighted by molar-refractivity contribution is 0.0735. The van der Waals surface area contributed by atoms with Crippen molar-refractivity contribution in [2.45, 2.75) is 0 Å². The lowest BCUT2D eigenvalue weighted by atomic mass is 10.1. The molecule has 0 spiro atoms. The third-order valence-electron chi connectivity index (χ3n) is 2.80. The number of hydrogen-bond acceptors (Lipinski definition) is 3. The van der Waals surface area contributed by atoms with E-state index < -0.39 is 5.82 Å². The number of amides is 1. The molecule has 1 saturated heterocycles. The van der Waals surface area contributed by atoms with Gasteiger partial charge in [0, 0.05) is 31.7 Å². The molecule has 1 heterocycles. The van der Waals surface area contributed by atoms with Crippen molar-refractivity contribution in [1.29, 1.82) is 0 Å². The van der Waals surface area contributed by atoms with Crippen LogP contribution in [0.4, 0.5) is 4.39 Å². The van der Waals surface area contributed by atoms with Gasteiger partial charge in [-0.3, -0.25) is 4.79 Å². The Bertz CT molecular complexity index is 417. The molecule has 1 aromatic rings. The molecule has 5 heteroatoms. The zero-order chi connectivity index (χ0) is 12.3. The summed E-state index contributed by atoms with van der Waals surface area (Å²) in [6, 6.07) is 4.29. The number of ether oxygens (including phenoxy) is 1. The molecule has 1 aliphatic heterocycles. The minimum absolute atomic E-state index is 0.131. The zero-order valence-electron chi connectivity index (χ0n) is 9.70. The number of nitrogens with one attached hydrogen (secondary N) is 1. The summed E-state index contributed by atoms with van der Waals surface area (Å²) < 4.78 is 18.3. The molecule has 0 saturated carbocycles. The Kier molecular flexibility index (Phi) is 3.58. The lowest BCUT2D eigenvalue weighted by Gasteiger charge is -2.27. The number of rotatable bonds is 2. The minimum Gasteiger partial charge on any atom is -0.494 e. The van der Waals surface area contributed by atoms with E-state index in [4.69, 9.17) is 4.74 Å². The van der Waals surface area contributed by atoms with E-state index >= 15 is 0 Å². The molecule has 0 aliphatic carbocycles. The van der Waals surface area contributed by atoms with E-state index in [9.17, 15) is 9.18 Å².